The molecule has 8 heteroatoms. The largest absolute Gasteiger partial charge is 0.372 e. The maximum atomic E-state index is 13.1. The zero-order valence-electron chi connectivity index (χ0n) is 21.7. The van der Waals surface area contributed by atoms with E-state index in [1.165, 1.54) is 18.5 Å². The Morgan fingerprint density at radius 2 is 1.92 bits per heavy atom. The van der Waals surface area contributed by atoms with Gasteiger partial charge in [0.2, 0.25) is 17.6 Å². The highest BCUT2D eigenvalue weighted by molar-refractivity contribution is 6.30. The molecule has 1 aromatic heterocycles. The van der Waals surface area contributed by atoms with Crippen molar-refractivity contribution in [1.82, 2.24) is 20.4 Å². The summed E-state index contributed by atoms with van der Waals surface area (Å²) in [4.78, 5) is 22.4. The van der Waals surface area contributed by atoms with E-state index < -0.39 is 0 Å². The molecule has 196 valence electrons. The predicted octanol–water partition coefficient (Wildman–Crippen LogP) is 5.72. The minimum Gasteiger partial charge on any atom is -0.372 e. The zero-order chi connectivity index (χ0) is 25.8. The molecule has 1 N–H and O–H groups in total. The summed E-state index contributed by atoms with van der Waals surface area (Å²) >= 11 is 6.09. The first kappa shape index (κ1) is 25.7. The van der Waals surface area contributed by atoms with Gasteiger partial charge in [0.05, 0.1) is 18.5 Å². The Balaban J connectivity index is 1.13. The number of hydrogen-bond donors (Lipinski definition) is 1. The molecule has 1 amide bonds. The number of hydrogen-bond acceptors (Lipinski definition) is 6. The lowest BCUT2D eigenvalue weighted by atomic mass is 9.96. The Hall–Kier alpha value is -2.90. The molecule has 5 rings (SSSR count). The van der Waals surface area contributed by atoms with Crippen LogP contribution in [0, 0.1) is 11.8 Å². The molecule has 0 radical (unpaired) electrons. The van der Waals surface area contributed by atoms with Crippen LogP contribution in [0.15, 0.2) is 53.1 Å². The Morgan fingerprint density at radius 3 is 2.68 bits per heavy atom. The fourth-order valence-corrected chi connectivity index (χ4v) is 5.51. The van der Waals surface area contributed by atoms with Gasteiger partial charge in [-0.15, -0.1) is 0 Å². The van der Waals surface area contributed by atoms with Crippen molar-refractivity contribution in [1.29, 1.82) is 0 Å². The lowest BCUT2D eigenvalue weighted by Gasteiger charge is -2.32. The topological polar surface area (TPSA) is 74.5 Å². The summed E-state index contributed by atoms with van der Waals surface area (Å²) in [5, 5.41) is 7.98. The number of amides is 1. The number of anilines is 1. The molecule has 2 fully saturated rings. The zero-order valence-corrected chi connectivity index (χ0v) is 22.5. The average molecular weight is 522 g/mol. The Labute approximate surface area is 224 Å². The first-order valence-electron chi connectivity index (χ1n) is 13.4. The van der Waals surface area contributed by atoms with Gasteiger partial charge < -0.3 is 14.7 Å². The summed E-state index contributed by atoms with van der Waals surface area (Å²) in [5.74, 6) is 1.95. The van der Waals surface area contributed by atoms with Gasteiger partial charge in [-0.2, -0.15) is 4.98 Å². The molecule has 2 unspecified atom stereocenters. The second-order valence-corrected chi connectivity index (χ2v) is 11.0. The Kier molecular flexibility index (Phi) is 8.11. The number of aromatic nitrogens is 2. The first-order chi connectivity index (χ1) is 17.9. The number of carbonyl (C=O) groups is 1. The summed E-state index contributed by atoms with van der Waals surface area (Å²) in [6.45, 7) is 8.76. The van der Waals surface area contributed by atoms with Crippen LogP contribution in [-0.4, -0.2) is 47.1 Å². The van der Waals surface area contributed by atoms with Gasteiger partial charge in [-0.25, -0.2) is 0 Å². The lowest BCUT2D eigenvalue weighted by Crippen LogP contribution is -2.43. The minimum absolute atomic E-state index is 0.0329. The quantitative estimate of drug-likeness (QED) is 0.429. The third kappa shape index (κ3) is 6.51. The van der Waals surface area contributed by atoms with E-state index in [1.54, 1.807) is 0 Å². The van der Waals surface area contributed by atoms with E-state index in [2.05, 4.69) is 63.4 Å². The van der Waals surface area contributed by atoms with Crippen LogP contribution in [0.1, 0.15) is 57.0 Å². The summed E-state index contributed by atoms with van der Waals surface area (Å²) in [6, 6.07) is 16.1. The third-order valence-electron chi connectivity index (χ3n) is 7.69. The standard InChI is InChI=1S/C29H36ClN5O2/c1-20-12-15-35(16-13-20)26-10-8-22(9-11-26)21(2)31-29(36)24-6-4-14-34(18-24)19-27-32-28(33-37-27)23-5-3-7-25(30)17-23/h3,5,7-11,17,20-21,24H,4,6,12-16,18-19H2,1-2H3,(H,31,36). The monoisotopic (exact) mass is 521 g/mol. The second kappa shape index (κ2) is 11.7. The SMILES string of the molecule is CC1CCN(c2ccc(C(C)NC(=O)C3CCCN(Cc4nc(-c5cccc(Cl)c5)no4)C3)cc2)CC1. The van der Waals surface area contributed by atoms with Crippen molar-refractivity contribution in [2.24, 2.45) is 11.8 Å². The van der Waals surface area contributed by atoms with Crippen molar-refractivity contribution in [2.75, 3.05) is 31.1 Å². The summed E-state index contributed by atoms with van der Waals surface area (Å²) in [5.41, 5.74) is 3.23. The van der Waals surface area contributed by atoms with E-state index >= 15 is 0 Å². The van der Waals surface area contributed by atoms with Crippen LogP contribution in [0.5, 0.6) is 0 Å². The molecule has 2 saturated heterocycles. The molecule has 3 aromatic rings. The van der Waals surface area contributed by atoms with Gasteiger partial charge in [-0.1, -0.05) is 47.9 Å². The van der Waals surface area contributed by atoms with Crippen molar-refractivity contribution in [3.63, 3.8) is 0 Å². The molecule has 0 saturated carbocycles. The van der Waals surface area contributed by atoms with E-state index in [4.69, 9.17) is 16.1 Å². The van der Waals surface area contributed by atoms with Crippen molar-refractivity contribution >= 4 is 23.2 Å². The fraction of sp³-hybridized carbons (Fsp3) is 0.483. The molecule has 2 aliphatic rings. The number of benzene rings is 2. The molecular formula is C29H36ClN5O2. The Morgan fingerprint density at radius 1 is 1.14 bits per heavy atom. The van der Waals surface area contributed by atoms with Crippen LogP contribution in [-0.2, 0) is 11.3 Å². The van der Waals surface area contributed by atoms with E-state index in [0.717, 1.165) is 49.5 Å². The fourth-order valence-electron chi connectivity index (χ4n) is 5.32. The summed E-state index contributed by atoms with van der Waals surface area (Å²) < 4.78 is 5.49. The summed E-state index contributed by atoms with van der Waals surface area (Å²) in [7, 11) is 0. The number of rotatable bonds is 7. The number of nitrogens with zero attached hydrogens (tertiary/aromatic N) is 4. The average Bonchev–Trinajstić information content (AvgIpc) is 3.38. The number of likely N-dealkylation sites (tertiary alicyclic amines) is 1. The van der Waals surface area contributed by atoms with Crippen LogP contribution in [0.4, 0.5) is 5.69 Å². The van der Waals surface area contributed by atoms with E-state index in [1.807, 2.05) is 24.3 Å². The van der Waals surface area contributed by atoms with E-state index in [0.29, 0.717) is 29.8 Å². The van der Waals surface area contributed by atoms with Crippen molar-refractivity contribution < 1.29 is 9.32 Å². The minimum atomic E-state index is -0.0545. The maximum Gasteiger partial charge on any atom is 0.241 e. The van der Waals surface area contributed by atoms with E-state index in [-0.39, 0.29) is 17.9 Å². The highest BCUT2D eigenvalue weighted by Crippen LogP contribution is 2.26. The molecule has 0 aliphatic carbocycles. The van der Waals surface area contributed by atoms with Crippen molar-refractivity contribution in [3.8, 4) is 11.4 Å². The highest BCUT2D eigenvalue weighted by atomic mass is 35.5. The number of halogens is 1. The van der Waals surface area contributed by atoms with Gasteiger partial charge in [0.25, 0.3) is 0 Å². The van der Waals surface area contributed by atoms with Crippen LogP contribution < -0.4 is 10.2 Å². The van der Waals surface area contributed by atoms with E-state index in [9.17, 15) is 4.79 Å². The van der Waals surface area contributed by atoms with Crippen LogP contribution in [0.25, 0.3) is 11.4 Å². The van der Waals surface area contributed by atoms with Gasteiger partial charge in [0.15, 0.2) is 0 Å². The van der Waals surface area contributed by atoms with Crippen molar-refractivity contribution in [3.05, 3.63) is 65.0 Å². The van der Waals surface area contributed by atoms with Crippen LogP contribution >= 0.6 is 11.6 Å². The predicted molar refractivity (Wildman–Crippen MR) is 146 cm³/mol. The van der Waals surface area contributed by atoms with Gasteiger partial charge >= 0.3 is 0 Å². The van der Waals surface area contributed by atoms with Crippen molar-refractivity contribution in [2.45, 2.75) is 52.1 Å². The number of carbonyl (C=O) groups excluding carboxylic acids is 1. The number of piperidine rings is 2. The van der Waals surface area contributed by atoms with Crippen LogP contribution in [0.3, 0.4) is 0 Å². The normalized spacial score (nSPS) is 20.1. The van der Waals surface area contributed by atoms with Gasteiger partial charge in [0, 0.05) is 35.9 Å². The lowest BCUT2D eigenvalue weighted by molar-refractivity contribution is -0.127. The molecule has 2 atom stereocenters. The van der Waals surface area contributed by atoms with Gasteiger partial charge in [0.1, 0.15) is 0 Å². The van der Waals surface area contributed by atoms with Gasteiger partial charge in [-0.05, 0) is 74.9 Å². The molecule has 2 aromatic carbocycles. The smallest absolute Gasteiger partial charge is 0.241 e. The summed E-state index contributed by atoms with van der Waals surface area (Å²) in [6.07, 6.45) is 4.36. The molecule has 0 spiro atoms. The first-order valence-corrected chi connectivity index (χ1v) is 13.8. The molecule has 3 heterocycles. The molecule has 7 nitrogen and oxygen atoms in total. The second-order valence-electron chi connectivity index (χ2n) is 10.6. The molecule has 0 bridgehead atoms. The van der Waals surface area contributed by atoms with Gasteiger partial charge in [-0.3, -0.25) is 9.69 Å². The van der Waals surface area contributed by atoms with Crippen LogP contribution in [0.2, 0.25) is 5.02 Å². The third-order valence-corrected chi connectivity index (χ3v) is 7.92. The maximum absolute atomic E-state index is 13.1. The Bertz CT molecular complexity index is 1190. The highest BCUT2D eigenvalue weighted by Gasteiger charge is 2.28. The molecule has 37 heavy (non-hydrogen) atoms. The number of nitrogens with one attached hydrogen (secondary N) is 1. The molecular weight excluding hydrogens is 486 g/mol. The molecule has 2 aliphatic heterocycles.